The van der Waals surface area contributed by atoms with E-state index >= 15 is 0 Å². The van der Waals surface area contributed by atoms with Crippen molar-refractivity contribution in [2.45, 2.75) is 63.8 Å². The Morgan fingerprint density at radius 3 is 2.20 bits per heavy atom. The summed E-state index contributed by atoms with van der Waals surface area (Å²) >= 11 is 1.23. The van der Waals surface area contributed by atoms with Gasteiger partial charge in [-0.15, -0.1) is 0 Å². The number of aromatic nitrogens is 4. The first kappa shape index (κ1) is 38.2. The third-order valence-corrected chi connectivity index (χ3v) is 8.94. The fraction of sp³-hybridized carbons (Fsp3) is 0.389. The van der Waals surface area contributed by atoms with Crippen molar-refractivity contribution in [1.82, 2.24) is 29.5 Å². The first-order chi connectivity index (χ1) is 24.0. The number of halogens is 3. The molecule has 2 heterocycles. The minimum absolute atomic E-state index is 0.0149. The first-order valence-electron chi connectivity index (χ1n) is 16.4. The fourth-order valence-corrected chi connectivity index (χ4v) is 5.93. The lowest BCUT2D eigenvalue weighted by Crippen LogP contribution is -2.40. The van der Waals surface area contributed by atoms with Crippen molar-refractivity contribution in [1.29, 1.82) is 0 Å². The van der Waals surface area contributed by atoms with Crippen LogP contribution in [0.4, 0.5) is 13.2 Å². The zero-order valence-electron chi connectivity index (χ0n) is 28.4. The summed E-state index contributed by atoms with van der Waals surface area (Å²) in [4.78, 5) is 51.5. The number of ether oxygens (including phenoxy) is 1. The molecular weight excluding hydrogens is 669 g/mol. The lowest BCUT2D eigenvalue weighted by molar-refractivity contribution is -0.143. The molecule has 0 bridgehead atoms. The maximum atomic E-state index is 14.0. The molecule has 0 fully saturated rings. The highest BCUT2D eigenvalue weighted by atomic mass is 32.2. The van der Waals surface area contributed by atoms with Gasteiger partial charge in [0, 0.05) is 38.0 Å². The summed E-state index contributed by atoms with van der Waals surface area (Å²) in [6, 6.07) is 17.8. The molecule has 2 aromatic heterocycles. The predicted octanol–water partition coefficient (Wildman–Crippen LogP) is 5.88. The van der Waals surface area contributed by atoms with E-state index in [1.54, 1.807) is 24.1 Å². The summed E-state index contributed by atoms with van der Waals surface area (Å²) in [5.74, 6) is -0.322. The molecule has 2 aromatic carbocycles. The molecule has 0 saturated heterocycles. The van der Waals surface area contributed by atoms with Crippen LogP contribution in [-0.2, 0) is 45.8 Å². The minimum Gasteiger partial charge on any atom is -0.466 e. The third-order valence-electron chi connectivity index (χ3n) is 7.94. The van der Waals surface area contributed by atoms with Crippen molar-refractivity contribution in [2.24, 2.45) is 0 Å². The summed E-state index contributed by atoms with van der Waals surface area (Å²) in [5.41, 5.74) is 1.75. The number of benzene rings is 2. The minimum atomic E-state index is -4.41. The van der Waals surface area contributed by atoms with Crippen LogP contribution in [0.5, 0.6) is 0 Å². The Bertz CT molecular complexity index is 1750. The van der Waals surface area contributed by atoms with Crippen LogP contribution in [-0.4, -0.2) is 74.2 Å². The predicted molar refractivity (Wildman–Crippen MR) is 185 cm³/mol. The zero-order valence-corrected chi connectivity index (χ0v) is 29.2. The number of likely N-dealkylation sites (N-methyl/N-ethyl adjacent to an activating group) is 1. The summed E-state index contributed by atoms with van der Waals surface area (Å²) in [6.07, 6.45) is -2.78. The number of nitrogens with zero attached hydrogens (tertiary/aromatic N) is 6. The molecule has 266 valence electrons. The van der Waals surface area contributed by atoms with Crippen LogP contribution in [0.15, 0.2) is 82.9 Å². The SMILES string of the molecule is CCOC(=O)CCc1nn(CC(=O)N(CCN(CC)CC)Cc2ccc(-c3ccc(C(F)(F)F)cc3)cc2)c(SCc2ccccn2)nc1=O. The van der Waals surface area contributed by atoms with E-state index in [1.807, 2.05) is 36.4 Å². The number of carbonyl (C=O) groups excluding carboxylic acids is 2. The highest BCUT2D eigenvalue weighted by molar-refractivity contribution is 7.98. The average Bonchev–Trinajstić information content (AvgIpc) is 3.11. The van der Waals surface area contributed by atoms with Gasteiger partial charge in [-0.3, -0.25) is 19.4 Å². The van der Waals surface area contributed by atoms with Gasteiger partial charge in [0.25, 0.3) is 5.56 Å². The normalized spacial score (nSPS) is 11.5. The molecule has 0 N–H and O–H groups in total. The molecule has 4 aromatic rings. The molecular formula is C36H41F3N6O4S. The van der Waals surface area contributed by atoms with Crippen LogP contribution >= 0.6 is 11.8 Å². The monoisotopic (exact) mass is 710 g/mol. The van der Waals surface area contributed by atoms with Gasteiger partial charge in [-0.05, 0) is 61.0 Å². The van der Waals surface area contributed by atoms with Gasteiger partial charge in [0.1, 0.15) is 12.2 Å². The fourth-order valence-electron chi connectivity index (χ4n) is 5.08. The van der Waals surface area contributed by atoms with Crippen LogP contribution in [0, 0.1) is 0 Å². The Morgan fingerprint density at radius 1 is 0.920 bits per heavy atom. The molecule has 0 aliphatic heterocycles. The highest BCUT2D eigenvalue weighted by Gasteiger charge is 2.30. The maximum Gasteiger partial charge on any atom is 0.416 e. The number of rotatable bonds is 17. The number of alkyl halides is 3. The maximum absolute atomic E-state index is 14.0. The molecule has 4 rings (SSSR count). The van der Waals surface area contributed by atoms with E-state index in [0.717, 1.165) is 42.0 Å². The van der Waals surface area contributed by atoms with Crippen molar-refractivity contribution < 1.29 is 27.5 Å². The molecule has 0 radical (unpaired) electrons. The standard InChI is InChI=1S/C36H41F3N6O4S/c1-4-43(5-2)21-22-44(23-26-10-12-27(13-11-26)28-14-16-29(17-15-28)36(37,38)39)32(46)24-45-35(50-25-30-9-7-8-20-40-30)41-34(48)31(42-45)18-19-33(47)49-6-3/h7-17,20H,4-6,18-19,21-25H2,1-3H3. The van der Waals surface area contributed by atoms with Crippen molar-refractivity contribution in [3.8, 4) is 11.1 Å². The van der Waals surface area contributed by atoms with E-state index in [1.165, 1.54) is 28.6 Å². The number of carbonyl (C=O) groups is 2. The van der Waals surface area contributed by atoms with Crippen LogP contribution in [0.3, 0.4) is 0 Å². The van der Waals surface area contributed by atoms with Crippen LogP contribution < -0.4 is 5.56 Å². The average molecular weight is 711 g/mol. The van der Waals surface area contributed by atoms with E-state index in [-0.39, 0.29) is 49.3 Å². The van der Waals surface area contributed by atoms with Gasteiger partial charge in [-0.2, -0.15) is 23.3 Å². The summed E-state index contributed by atoms with van der Waals surface area (Å²) < 4.78 is 45.5. The van der Waals surface area contributed by atoms with Crippen molar-refractivity contribution in [3.05, 3.63) is 106 Å². The molecule has 50 heavy (non-hydrogen) atoms. The topological polar surface area (TPSA) is 111 Å². The molecule has 0 aliphatic carbocycles. The Labute approximate surface area is 293 Å². The number of amides is 1. The van der Waals surface area contributed by atoms with Gasteiger partial charge in [-0.1, -0.05) is 68.1 Å². The van der Waals surface area contributed by atoms with E-state index in [0.29, 0.717) is 24.4 Å². The van der Waals surface area contributed by atoms with Crippen LogP contribution in [0.1, 0.15) is 49.7 Å². The number of hydrogen-bond donors (Lipinski definition) is 0. The van der Waals surface area contributed by atoms with Gasteiger partial charge in [0.05, 0.1) is 24.3 Å². The first-order valence-corrected chi connectivity index (χ1v) is 17.4. The number of aryl methyl sites for hydroxylation is 1. The van der Waals surface area contributed by atoms with E-state index in [2.05, 4.69) is 33.8 Å². The second kappa shape index (κ2) is 18.4. The Morgan fingerprint density at radius 2 is 1.60 bits per heavy atom. The van der Waals surface area contributed by atoms with E-state index in [4.69, 9.17) is 4.74 Å². The number of esters is 1. The third kappa shape index (κ3) is 11.2. The molecule has 0 aliphatic rings. The second-order valence-electron chi connectivity index (χ2n) is 11.3. The lowest BCUT2D eigenvalue weighted by Gasteiger charge is -2.27. The van der Waals surface area contributed by atoms with E-state index in [9.17, 15) is 27.6 Å². The van der Waals surface area contributed by atoms with Crippen molar-refractivity contribution >= 4 is 23.6 Å². The number of hydrogen-bond acceptors (Lipinski definition) is 9. The second-order valence-corrected chi connectivity index (χ2v) is 12.3. The summed E-state index contributed by atoms with van der Waals surface area (Å²) in [5, 5.41) is 4.75. The highest BCUT2D eigenvalue weighted by Crippen LogP contribution is 2.31. The zero-order chi connectivity index (χ0) is 36.1. The number of pyridine rings is 1. The summed E-state index contributed by atoms with van der Waals surface area (Å²) in [6.45, 7) is 8.75. The lowest BCUT2D eigenvalue weighted by atomic mass is 10.0. The van der Waals surface area contributed by atoms with E-state index < -0.39 is 23.3 Å². The smallest absolute Gasteiger partial charge is 0.416 e. The van der Waals surface area contributed by atoms with Gasteiger partial charge in [0.15, 0.2) is 5.16 Å². The summed E-state index contributed by atoms with van der Waals surface area (Å²) in [7, 11) is 0. The molecule has 1 amide bonds. The van der Waals surface area contributed by atoms with Crippen molar-refractivity contribution in [2.75, 3.05) is 32.8 Å². The van der Waals surface area contributed by atoms with Gasteiger partial charge in [0.2, 0.25) is 5.91 Å². The van der Waals surface area contributed by atoms with Crippen LogP contribution in [0.2, 0.25) is 0 Å². The molecule has 0 spiro atoms. The Balaban J connectivity index is 1.58. The number of thioether (sulfide) groups is 1. The quantitative estimate of drug-likeness (QED) is 0.0981. The molecule has 0 saturated carbocycles. The molecule has 10 nitrogen and oxygen atoms in total. The van der Waals surface area contributed by atoms with Gasteiger partial charge in [-0.25, -0.2) is 4.68 Å². The van der Waals surface area contributed by atoms with Gasteiger partial charge >= 0.3 is 12.1 Å². The van der Waals surface area contributed by atoms with Crippen LogP contribution in [0.25, 0.3) is 11.1 Å². The van der Waals surface area contributed by atoms with Gasteiger partial charge < -0.3 is 14.5 Å². The Kier molecular flexibility index (Phi) is 14.1. The molecule has 0 unspecified atom stereocenters. The Hall–Kier alpha value is -4.56. The largest absolute Gasteiger partial charge is 0.466 e. The van der Waals surface area contributed by atoms with Crippen molar-refractivity contribution in [3.63, 3.8) is 0 Å². The molecule has 14 heteroatoms. The molecule has 0 atom stereocenters.